The van der Waals surface area contributed by atoms with E-state index in [1.165, 1.54) is 14.2 Å². The summed E-state index contributed by atoms with van der Waals surface area (Å²) in [6, 6.07) is 10.2. The molecule has 30 heavy (non-hydrogen) atoms. The normalized spacial score (nSPS) is 11.7. The van der Waals surface area contributed by atoms with Gasteiger partial charge in [0.15, 0.2) is 11.3 Å². The summed E-state index contributed by atoms with van der Waals surface area (Å²) in [5.74, 6) is -1.43. The van der Waals surface area contributed by atoms with E-state index in [0.29, 0.717) is 22.3 Å². The lowest BCUT2D eigenvalue weighted by Gasteiger charge is -2.20. The number of ether oxygens (including phenoxy) is 2. The summed E-state index contributed by atoms with van der Waals surface area (Å²) in [7, 11) is 2.89. The van der Waals surface area contributed by atoms with Crippen molar-refractivity contribution in [3.63, 3.8) is 0 Å². The highest BCUT2D eigenvalue weighted by molar-refractivity contribution is 5.90. The van der Waals surface area contributed by atoms with Crippen LogP contribution in [0.5, 0.6) is 11.5 Å². The predicted octanol–water partition coefficient (Wildman–Crippen LogP) is 1.27. The molecule has 0 saturated carbocycles. The Bertz CT molecular complexity index is 1150. The number of hydrogen-bond acceptors (Lipinski definition) is 7. The lowest BCUT2D eigenvalue weighted by Crippen LogP contribution is -2.42. The zero-order chi connectivity index (χ0) is 21.8. The van der Waals surface area contributed by atoms with Gasteiger partial charge in [0.05, 0.1) is 38.2 Å². The molecule has 2 aromatic carbocycles. The van der Waals surface area contributed by atoms with Crippen LogP contribution in [0.15, 0.2) is 51.7 Å². The van der Waals surface area contributed by atoms with Gasteiger partial charge in [-0.15, -0.1) is 0 Å². The van der Waals surface area contributed by atoms with E-state index >= 15 is 0 Å². The third-order valence-corrected chi connectivity index (χ3v) is 4.81. The van der Waals surface area contributed by atoms with E-state index < -0.39 is 23.5 Å². The first-order valence-corrected chi connectivity index (χ1v) is 9.09. The lowest BCUT2D eigenvalue weighted by atomic mass is 10.0. The van der Waals surface area contributed by atoms with Crippen molar-refractivity contribution in [3.05, 3.63) is 69.6 Å². The molecule has 1 atom stereocenters. The number of aliphatic carboxylic acids is 1. The van der Waals surface area contributed by atoms with Crippen molar-refractivity contribution in [2.45, 2.75) is 19.4 Å². The van der Waals surface area contributed by atoms with Crippen molar-refractivity contribution >= 4 is 22.8 Å². The highest BCUT2D eigenvalue weighted by Crippen LogP contribution is 2.36. The standard InChI is InChI=1S/C22H21NO7/c1-12-14-9-10-16(28-2)20(29-3)19(14)30-22(27)15(12)11-17(24)23-18(21(25)26)13-7-5-4-6-8-13/h4-10,18H,11H2,1-3H3,(H,23,24)(H,25,26)/p-1/t18-/m0/s1. The second-order valence-electron chi connectivity index (χ2n) is 6.58. The molecule has 0 radical (unpaired) electrons. The Morgan fingerprint density at radius 1 is 1.10 bits per heavy atom. The van der Waals surface area contributed by atoms with E-state index in [0.717, 1.165) is 0 Å². The minimum Gasteiger partial charge on any atom is -0.548 e. The molecule has 0 bridgehead atoms. The summed E-state index contributed by atoms with van der Waals surface area (Å²) in [5, 5.41) is 14.5. The number of fused-ring (bicyclic) bond motifs is 1. The monoisotopic (exact) mass is 410 g/mol. The van der Waals surface area contributed by atoms with Crippen LogP contribution in [-0.4, -0.2) is 26.1 Å². The molecule has 0 unspecified atom stereocenters. The molecule has 0 aliphatic rings. The summed E-state index contributed by atoms with van der Waals surface area (Å²) in [4.78, 5) is 36.6. The van der Waals surface area contributed by atoms with Crippen LogP contribution in [0.4, 0.5) is 0 Å². The number of nitrogens with one attached hydrogen (secondary N) is 1. The highest BCUT2D eigenvalue weighted by atomic mass is 16.5. The van der Waals surface area contributed by atoms with Gasteiger partial charge in [-0.3, -0.25) is 4.79 Å². The molecule has 3 rings (SSSR count). The number of carbonyl (C=O) groups excluding carboxylic acids is 2. The second kappa shape index (κ2) is 8.69. The number of benzene rings is 2. The van der Waals surface area contributed by atoms with Gasteiger partial charge in [-0.25, -0.2) is 4.79 Å². The minimum absolute atomic E-state index is 0.123. The maximum Gasteiger partial charge on any atom is 0.340 e. The highest BCUT2D eigenvalue weighted by Gasteiger charge is 2.21. The molecular weight excluding hydrogens is 390 g/mol. The Morgan fingerprint density at radius 2 is 1.80 bits per heavy atom. The van der Waals surface area contributed by atoms with Gasteiger partial charge in [-0.05, 0) is 30.2 Å². The van der Waals surface area contributed by atoms with Crippen LogP contribution in [0.2, 0.25) is 0 Å². The van der Waals surface area contributed by atoms with Crippen molar-refractivity contribution in [1.29, 1.82) is 0 Å². The maximum atomic E-state index is 12.6. The Kier molecular flexibility index (Phi) is 6.06. The van der Waals surface area contributed by atoms with Crippen LogP contribution in [0.3, 0.4) is 0 Å². The molecule has 1 N–H and O–H groups in total. The Balaban J connectivity index is 1.94. The van der Waals surface area contributed by atoms with Crippen LogP contribution >= 0.6 is 0 Å². The molecule has 8 nitrogen and oxygen atoms in total. The van der Waals surface area contributed by atoms with Gasteiger partial charge in [0, 0.05) is 5.39 Å². The number of hydrogen-bond donors (Lipinski definition) is 1. The first kappa shape index (κ1) is 20.9. The van der Waals surface area contributed by atoms with E-state index in [-0.39, 0.29) is 23.3 Å². The van der Waals surface area contributed by atoms with Gasteiger partial charge in [-0.2, -0.15) is 0 Å². The number of rotatable bonds is 7. The van der Waals surface area contributed by atoms with Crippen LogP contribution in [0.25, 0.3) is 11.0 Å². The van der Waals surface area contributed by atoms with Crippen LogP contribution in [0, 0.1) is 6.92 Å². The molecule has 0 fully saturated rings. The van der Waals surface area contributed by atoms with Crippen molar-refractivity contribution in [1.82, 2.24) is 5.32 Å². The largest absolute Gasteiger partial charge is 0.548 e. The SMILES string of the molecule is COc1ccc2c(C)c(CC(=O)N[C@H](C(=O)[O-])c3ccccc3)c(=O)oc2c1OC. The molecule has 1 amide bonds. The molecular formula is C22H20NO7-. The summed E-state index contributed by atoms with van der Waals surface area (Å²) >= 11 is 0. The Morgan fingerprint density at radius 3 is 2.40 bits per heavy atom. The molecule has 1 heterocycles. The van der Waals surface area contributed by atoms with Crippen LogP contribution < -0.4 is 25.5 Å². The van der Waals surface area contributed by atoms with E-state index in [2.05, 4.69) is 5.32 Å². The summed E-state index contributed by atoms with van der Waals surface area (Å²) in [6.07, 6.45) is -0.352. The number of methoxy groups -OCH3 is 2. The third kappa shape index (κ3) is 3.98. The average Bonchev–Trinajstić information content (AvgIpc) is 2.74. The summed E-state index contributed by atoms with van der Waals surface area (Å²) < 4.78 is 15.9. The number of carboxylic acids is 1. The molecule has 8 heteroatoms. The minimum atomic E-state index is -1.45. The van der Waals surface area contributed by atoms with Crippen LogP contribution in [-0.2, 0) is 16.0 Å². The molecule has 156 valence electrons. The van der Waals surface area contributed by atoms with E-state index in [4.69, 9.17) is 13.9 Å². The Hall–Kier alpha value is -3.81. The Labute approximate surface area is 172 Å². The van der Waals surface area contributed by atoms with Gasteiger partial charge in [0.1, 0.15) is 0 Å². The molecule has 3 aromatic rings. The van der Waals surface area contributed by atoms with E-state index in [9.17, 15) is 19.5 Å². The van der Waals surface area contributed by atoms with Crippen molar-refractivity contribution < 1.29 is 28.6 Å². The van der Waals surface area contributed by atoms with Crippen molar-refractivity contribution in [3.8, 4) is 11.5 Å². The quantitative estimate of drug-likeness (QED) is 0.583. The first-order valence-electron chi connectivity index (χ1n) is 9.09. The molecule has 1 aromatic heterocycles. The van der Waals surface area contributed by atoms with Gasteiger partial charge in [0.2, 0.25) is 11.7 Å². The lowest BCUT2D eigenvalue weighted by molar-refractivity contribution is -0.308. The fourth-order valence-electron chi connectivity index (χ4n) is 3.27. The first-order chi connectivity index (χ1) is 14.4. The number of carboxylic acid groups (broad SMARTS) is 1. The third-order valence-electron chi connectivity index (χ3n) is 4.81. The van der Waals surface area contributed by atoms with Gasteiger partial charge in [0.25, 0.3) is 0 Å². The zero-order valence-corrected chi connectivity index (χ0v) is 16.7. The molecule has 0 aliphatic heterocycles. The maximum absolute atomic E-state index is 12.6. The summed E-state index contributed by atoms with van der Waals surface area (Å²) in [5.41, 5.74) is 0.510. The molecule has 0 spiro atoms. The second-order valence-corrected chi connectivity index (χ2v) is 6.58. The van der Waals surface area contributed by atoms with Gasteiger partial charge >= 0.3 is 5.63 Å². The smallest absolute Gasteiger partial charge is 0.340 e. The number of amides is 1. The number of aryl methyl sites for hydroxylation is 1. The van der Waals surface area contributed by atoms with Gasteiger partial charge in [-0.1, -0.05) is 30.3 Å². The van der Waals surface area contributed by atoms with E-state index in [1.54, 1.807) is 49.4 Å². The predicted molar refractivity (Wildman–Crippen MR) is 106 cm³/mol. The fraction of sp³-hybridized carbons (Fsp3) is 0.227. The van der Waals surface area contributed by atoms with Gasteiger partial charge < -0.3 is 29.1 Å². The number of carbonyl (C=O) groups is 2. The summed E-state index contributed by atoms with van der Waals surface area (Å²) in [6.45, 7) is 1.68. The topological polar surface area (TPSA) is 118 Å². The van der Waals surface area contributed by atoms with Crippen LogP contribution in [0.1, 0.15) is 22.7 Å². The van der Waals surface area contributed by atoms with Crippen molar-refractivity contribution in [2.24, 2.45) is 0 Å². The zero-order valence-electron chi connectivity index (χ0n) is 16.7. The molecule has 0 aliphatic carbocycles. The fourth-order valence-corrected chi connectivity index (χ4v) is 3.27. The average molecular weight is 410 g/mol. The molecule has 0 saturated heterocycles. The van der Waals surface area contributed by atoms with Crippen molar-refractivity contribution in [2.75, 3.05) is 14.2 Å². The van der Waals surface area contributed by atoms with E-state index in [1.807, 2.05) is 0 Å².